The van der Waals surface area contributed by atoms with Crippen LogP contribution in [0.4, 0.5) is 11.4 Å². The molecule has 0 aromatic heterocycles. The van der Waals surface area contributed by atoms with Crippen molar-refractivity contribution in [3.63, 3.8) is 0 Å². The number of hydrogen-bond acceptors (Lipinski definition) is 6. The van der Waals surface area contributed by atoms with E-state index in [2.05, 4.69) is 31.0 Å². The summed E-state index contributed by atoms with van der Waals surface area (Å²) in [4.78, 5) is 44.4. The summed E-state index contributed by atoms with van der Waals surface area (Å²) in [6, 6.07) is 7.00. The fraction of sp³-hybridized carbons (Fsp3) is 0.621. The molecule has 1 aliphatic carbocycles. The highest BCUT2D eigenvalue weighted by Crippen LogP contribution is 2.46. The standard InChI is InChI=1S/C29H43N3O5/c1-5-11-20-12-17-23-25(24(20)29(36)37-8-4)28(35)32(18-9-10-19-33)26(23)27(34)30-21-13-15-22(16-14-21)31(6-2)7-3/h12-17,20,23-26,33H,5-11,18-19H2,1-4H3,(H,30,34)/t20-,23+,24-,25-,26+/m1/s1. The van der Waals surface area contributed by atoms with Gasteiger partial charge in [-0.05, 0) is 70.2 Å². The summed E-state index contributed by atoms with van der Waals surface area (Å²) in [6.07, 6.45) is 6.75. The molecule has 2 amide bonds. The van der Waals surface area contributed by atoms with Gasteiger partial charge in [0.15, 0.2) is 0 Å². The number of carbonyl (C=O) groups is 3. The van der Waals surface area contributed by atoms with Gasteiger partial charge in [0.1, 0.15) is 6.04 Å². The zero-order valence-corrected chi connectivity index (χ0v) is 22.7. The largest absolute Gasteiger partial charge is 0.466 e. The van der Waals surface area contributed by atoms with Crippen molar-refractivity contribution < 1.29 is 24.2 Å². The van der Waals surface area contributed by atoms with E-state index in [-0.39, 0.29) is 36.9 Å². The Morgan fingerprint density at radius 3 is 2.35 bits per heavy atom. The molecule has 2 N–H and O–H groups in total. The summed E-state index contributed by atoms with van der Waals surface area (Å²) < 4.78 is 5.41. The maximum atomic E-state index is 13.8. The van der Waals surface area contributed by atoms with E-state index in [4.69, 9.17) is 4.74 Å². The van der Waals surface area contributed by atoms with Gasteiger partial charge in [0.05, 0.1) is 18.4 Å². The number of nitrogens with one attached hydrogen (secondary N) is 1. The lowest BCUT2D eigenvalue weighted by Gasteiger charge is -2.33. The summed E-state index contributed by atoms with van der Waals surface area (Å²) >= 11 is 0. The van der Waals surface area contributed by atoms with Gasteiger partial charge in [-0.2, -0.15) is 0 Å². The minimum Gasteiger partial charge on any atom is -0.466 e. The first-order valence-corrected chi connectivity index (χ1v) is 13.8. The lowest BCUT2D eigenvalue weighted by molar-refractivity contribution is -0.155. The van der Waals surface area contributed by atoms with Crippen molar-refractivity contribution in [2.45, 2.75) is 59.4 Å². The molecule has 8 heteroatoms. The monoisotopic (exact) mass is 513 g/mol. The average Bonchev–Trinajstić information content (AvgIpc) is 3.17. The maximum Gasteiger partial charge on any atom is 0.310 e. The first kappa shape index (κ1) is 28.7. The zero-order valence-electron chi connectivity index (χ0n) is 22.7. The molecule has 37 heavy (non-hydrogen) atoms. The first-order chi connectivity index (χ1) is 17.9. The quantitative estimate of drug-likeness (QED) is 0.236. The number of fused-ring (bicyclic) bond motifs is 1. The van der Waals surface area contributed by atoms with Crippen LogP contribution in [0, 0.1) is 23.7 Å². The number of likely N-dealkylation sites (tertiary alicyclic amines) is 1. The molecule has 1 fully saturated rings. The fourth-order valence-electron chi connectivity index (χ4n) is 5.86. The predicted octanol–water partition coefficient (Wildman–Crippen LogP) is 3.85. The van der Waals surface area contributed by atoms with Gasteiger partial charge in [-0.3, -0.25) is 14.4 Å². The van der Waals surface area contributed by atoms with Crippen LogP contribution >= 0.6 is 0 Å². The molecule has 1 aromatic carbocycles. The van der Waals surface area contributed by atoms with Crippen molar-refractivity contribution in [1.82, 2.24) is 4.90 Å². The van der Waals surface area contributed by atoms with Crippen molar-refractivity contribution in [2.75, 3.05) is 43.1 Å². The smallest absolute Gasteiger partial charge is 0.310 e. The molecular formula is C29H43N3O5. The van der Waals surface area contributed by atoms with Gasteiger partial charge in [0.2, 0.25) is 11.8 Å². The van der Waals surface area contributed by atoms with Crippen LogP contribution < -0.4 is 10.2 Å². The SMILES string of the molecule is CCC[C@@H]1C=C[C@H]2[C@@H](C(=O)N(CCCCO)[C@@H]2C(=O)Nc2ccc(N(CC)CC)cc2)[C@@H]1C(=O)OCC. The number of ether oxygens (including phenoxy) is 1. The van der Waals surface area contributed by atoms with Crippen LogP contribution in [0.25, 0.3) is 0 Å². The molecule has 3 rings (SSSR count). The number of nitrogens with zero attached hydrogens (tertiary/aromatic N) is 2. The highest BCUT2D eigenvalue weighted by atomic mass is 16.5. The normalized spacial score (nSPS) is 24.6. The van der Waals surface area contributed by atoms with E-state index in [1.807, 2.05) is 36.4 Å². The Kier molecular flexibility index (Phi) is 10.6. The Bertz CT molecular complexity index is 943. The number of hydrogen-bond donors (Lipinski definition) is 2. The summed E-state index contributed by atoms with van der Waals surface area (Å²) in [5.74, 6) is -2.55. The lowest BCUT2D eigenvalue weighted by Crippen LogP contribution is -2.44. The van der Waals surface area contributed by atoms with Crippen LogP contribution in [0.1, 0.15) is 53.4 Å². The number of amides is 2. The number of benzene rings is 1. The van der Waals surface area contributed by atoms with Gasteiger partial charge < -0.3 is 25.0 Å². The minimum atomic E-state index is -0.727. The second-order valence-electron chi connectivity index (χ2n) is 9.83. The lowest BCUT2D eigenvalue weighted by atomic mass is 9.69. The van der Waals surface area contributed by atoms with Gasteiger partial charge in [0, 0.05) is 43.5 Å². The second kappa shape index (κ2) is 13.6. The number of rotatable bonds is 13. The van der Waals surface area contributed by atoms with E-state index in [1.54, 1.807) is 11.8 Å². The Hall–Kier alpha value is -2.87. The summed E-state index contributed by atoms with van der Waals surface area (Å²) in [5, 5.41) is 12.3. The Labute approximate surface area is 221 Å². The van der Waals surface area contributed by atoms with Crippen molar-refractivity contribution >= 4 is 29.2 Å². The molecule has 5 atom stereocenters. The van der Waals surface area contributed by atoms with Crippen LogP contribution in [-0.2, 0) is 19.1 Å². The molecule has 1 aliphatic heterocycles. The van der Waals surface area contributed by atoms with Gasteiger partial charge in [-0.1, -0.05) is 25.5 Å². The number of aliphatic hydroxyl groups is 1. The highest BCUT2D eigenvalue weighted by molar-refractivity contribution is 6.01. The molecule has 2 aliphatic rings. The molecule has 204 valence electrons. The fourth-order valence-corrected chi connectivity index (χ4v) is 5.86. The molecule has 0 unspecified atom stereocenters. The van der Waals surface area contributed by atoms with E-state index in [0.717, 1.165) is 31.6 Å². The van der Waals surface area contributed by atoms with Crippen LogP contribution in [0.2, 0.25) is 0 Å². The number of unbranched alkanes of at least 4 members (excludes halogenated alkanes) is 1. The third kappa shape index (κ3) is 6.35. The van der Waals surface area contributed by atoms with E-state index in [0.29, 0.717) is 25.1 Å². The number of aliphatic hydroxyl groups excluding tert-OH is 1. The molecule has 8 nitrogen and oxygen atoms in total. The number of carbonyl (C=O) groups excluding carboxylic acids is 3. The average molecular weight is 514 g/mol. The topological polar surface area (TPSA) is 99.2 Å². The molecular weight excluding hydrogens is 470 g/mol. The van der Waals surface area contributed by atoms with Gasteiger partial charge in [-0.15, -0.1) is 0 Å². The second-order valence-corrected chi connectivity index (χ2v) is 9.83. The van der Waals surface area contributed by atoms with Gasteiger partial charge in [-0.25, -0.2) is 0 Å². The third-order valence-corrected chi connectivity index (χ3v) is 7.63. The number of anilines is 2. The molecule has 1 heterocycles. The third-order valence-electron chi connectivity index (χ3n) is 7.63. The van der Waals surface area contributed by atoms with Crippen molar-refractivity contribution in [1.29, 1.82) is 0 Å². The molecule has 1 aromatic rings. The van der Waals surface area contributed by atoms with Crippen LogP contribution in [0.5, 0.6) is 0 Å². The van der Waals surface area contributed by atoms with Gasteiger partial charge in [0.25, 0.3) is 0 Å². The van der Waals surface area contributed by atoms with Crippen molar-refractivity contribution in [2.24, 2.45) is 23.7 Å². The van der Waals surface area contributed by atoms with Gasteiger partial charge >= 0.3 is 5.97 Å². The number of esters is 1. The molecule has 0 saturated carbocycles. The Morgan fingerprint density at radius 1 is 1.05 bits per heavy atom. The minimum absolute atomic E-state index is 0.0224. The maximum absolute atomic E-state index is 13.8. The molecule has 0 spiro atoms. The molecule has 1 saturated heterocycles. The summed E-state index contributed by atoms with van der Waals surface area (Å²) in [6.45, 7) is 10.4. The zero-order chi connectivity index (χ0) is 26.9. The van der Waals surface area contributed by atoms with Crippen LogP contribution in [-0.4, -0.2) is 66.7 Å². The first-order valence-electron chi connectivity index (χ1n) is 13.8. The Morgan fingerprint density at radius 2 is 1.76 bits per heavy atom. The summed E-state index contributed by atoms with van der Waals surface area (Å²) in [5.41, 5.74) is 1.75. The predicted molar refractivity (Wildman–Crippen MR) is 145 cm³/mol. The van der Waals surface area contributed by atoms with E-state index in [1.165, 1.54) is 0 Å². The number of allylic oxidation sites excluding steroid dienone is 1. The Balaban J connectivity index is 1.90. The van der Waals surface area contributed by atoms with Crippen molar-refractivity contribution in [3.8, 4) is 0 Å². The van der Waals surface area contributed by atoms with Crippen LogP contribution in [0.3, 0.4) is 0 Å². The van der Waals surface area contributed by atoms with Crippen LogP contribution in [0.15, 0.2) is 36.4 Å². The molecule has 0 bridgehead atoms. The van der Waals surface area contributed by atoms with E-state index < -0.39 is 23.8 Å². The van der Waals surface area contributed by atoms with E-state index >= 15 is 0 Å². The van der Waals surface area contributed by atoms with E-state index in [9.17, 15) is 19.5 Å². The summed E-state index contributed by atoms with van der Waals surface area (Å²) in [7, 11) is 0. The van der Waals surface area contributed by atoms with Crippen molar-refractivity contribution in [3.05, 3.63) is 36.4 Å². The molecule has 0 radical (unpaired) electrons. The highest BCUT2D eigenvalue weighted by Gasteiger charge is 2.57.